The Morgan fingerprint density at radius 3 is 2.00 bits per heavy atom. The highest BCUT2D eigenvalue weighted by atomic mass is 16.7. The number of rotatable bonds is 12. The van der Waals surface area contributed by atoms with E-state index in [1.165, 1.54) is 38.5 Å². The van der Waals surface area contributed by atoms with E-state index in [1.54, 1.807) is 0 Å². The van der Waals surface area contributed by atoms with E-state index >= 15 is 0 Å². The average Bonchev–Trinajstić information content (AvgIpc) is 2.33. The molecule has 17 heavy (non-hydrogen) atoms. The molecule has 0 amide bonds. The molecule has 2 heteroatoms. The molecule has 0 aromatic heterocycles. The van der Waals surface area contributed by atoms with Gasteiger partial charge in [0.2, 0.25) is 0 Å². The van der Waals surface area contributed by atoms with Gasteiger partial charge in [-0.3, -0.25) is 0 Å². The van der Waals surface area contributed by atoms with Crippen LogP contribution in [-0.2, 0) is 9.47 Å². The van der Waals surface area contributed by atoms with Crippen LogP contribution in [0.4, 0.5) is 0 Å². The van der Waals surface area contributed by atoms with Crippen molar-refractivity contribution in [3.8, 4) is 0 Å². The van der Waals surface area contributed by atoms with Gasteiger partial charge in [0.05, 0.1) is 0 Å². The summed E-state index contributed by atoms with van der Waals surface area (Å²) in [5.41, 5.74) is 0. The Morgan fingerprint density at radius 1 is 0.824 bits per heavy atom. The maximum Gasteiger partial charge on any atom is 0.176 e. The molecule has 0 N–H and O–H groups in total. The Balaban J connectivity index is 3.42. The highest BCUT2D eigenvalue weighted by Gasteiger charge is 2.00. The molecule has 0 rings (SSSR count). The predicted octanol–water partition coefficient (Wildman–Crippen LogP) is 4.69. The normalized spacial score (nSPS) is 11.8. The number of unbranched alkanes of at least 4 members (excludes halogenated alkanes) is 6. The van der Waals surface area contributed by atoms with Crippen LogP contribution in [0.1, 0.15) is 65.7 Å². The molecule has 0 saturated carbocycles. The zero-order valence-electron chi connectivity index (χ0n) is 11.9. The van der Waals surface area contributed by atoms with Crippen LogP contribution in [-0.4, -0.2) is 19.5 Å². The first-order chi connectivity index (χ1) is 8.35. The molecule has 102 valence electrons. The Labute approximate surface area is 107 Å². The van der Waals surface area contributed by atoms with Crippen molar-refractivity contribution in [1.29, 1.82) is 0 Å². The molecule has 0 aliphatic rings. The SMILES string of the molecule is CCCCCCCCC=CC(OCC)OCC. The van der Waals surface area contributed by atoms with Crippen molar-refractivity contribution in [3.63, 3.8) is 0 Å². The molecular formula is C15H30O2. The molecule has 0 aromatic carbocycles. The number of hydrogen-bond donors (Lipinski definition) is 0. The van der Waals surface area contributed by atoms with E-state index in [9.17, 15) is 0 Å². The second-order valence-electron chi connectivity index (χ2n) is 4.26. The van der Waals surface area contributed by atoms with Gasteiger partial charge >= 0.3 is 0 Å². The van der Waals surface area contributed by atoms with Gasteiger partial charge in [-0.05, 0) is 32.8 Å². The van der Waals surface area contributed by atoms with Gasteiger partial charge < -0.3 is 9.47 Å². The number of hydrogen-bond acceptors (Lipinski definition) is 2. The van der Waals surface area contributed by atoms with E-state index in [0.29, 0.717) is 13.2 Å². The van der Waals surface area contributed by atoms with Gasteiger partial charge in [-0.1, -0.05) is 45.1 Å². The summed E-state index contributed by atoms with van der Waals surface area (Å²) in [6.45, 7) is 7.64. The summed E-state index contributed by atoms with van der Waals surface area (Å²) >= 11 is 0. The molecule has 0 spiro atoms. The van der Waals surface area contributed by atoms with Crippen molar-refractivity contribution in [2.75, 3.05) is 13.2 Å². The van der Waals surface area contributed by atoms with Crippen LogP contribution < -0.4 is 0 Å². The predicted molar refractivity (Wildman–Crippen MR) is 74.2 cm³/mol. The highest BCUT2D eigenvalue weighted by Crippen LogP contribution is 2.08. The third-order valence-electron chi connectivity index (χ3n) is 2.68. The number of allylic oxidation sites excluding steroid dienone is 1. The summed E-state index contributed by atoms with van der Waals surface area (Å²) in [5.74, 6) is 0. The fourth-order valence-electron chi connectivity index (χ4n) is 1.74. The largest absolute Gasteiger partial charge is 0.349 e. The Hall–Kier alpha value is -0.340. The average molecular weight is 242 g/mol. The van der Waals surface area contributed by atoms with Crippen LogP contribution in [0.15, 0.2) is 12.2 Å². The Morgan fingerprint density at radius 2 is 1.41 bits per heavy atom. The van der Waals surface area contributed by atoms with Crippen molar-refractivity contribution >= 4 is 0 Å². The fourth-order valence-corrected chi connectivity index (χ4v) is 1.74. The third kappa shape index (κ3) is 11.9. The summed E-state index contributed by atoms with van der Waals surface area (Å²) in [6.07, 6.45) is 13.3. The minimum absolute atomic E-state index is 0.148. The molecule has 0 radical (unpaired) electrons. The quantitative estimate of drug-likeness (QED) is 0.281. The van der Waals surface area contributed by atoms with Crippen molar-refractivity contribution in [2.24, 2.45) is 0 Å². The lowest BCUT2D eigenvalue weighted by molar-refractivity contribution is -0.104. The lowest BCUT2D eigenvalue weighted by Gasteiger charge is -2.12. The van der Waals surface area contributed by atoms with Gasteiger partial charge in [-0.15, -0.1) is 0 Å². The van der Waals surface area contributed by atoms with Gasteiger partial charge in [0, 0.05) is 13.2 Å². The fraction of sp³-hybridized carbons (Fsp3) is 0.867. The van der Waals surface area contributed by atoms with Gasteiger partial charge in [0.15, 0.2) is 6.29 Å². The monoisotopic (exact) mass is 242 g/mol. The molecule has 0 atom stereocenters. The lowest BCUT2D eigenvalue weighted by atomic mass is 10.1. The summed E-state index contributed by atoms with van der Waals surface area (Å²) in [7, 11) is 0. The first-order valence-corrected chi connectivity index (χ1v) is 7.24. The molecule has 0 saturated heterocycles. The summed E-state index contributed by atoms with van der Waals surface area (Å²) in [4.78, 5) is 0. The van der Waals surface area contributed by atoms with Crippen LogP contribution in [0.5, 0.6) is 0 Å². The van der Waals surface area contributed by atoms with Gasteiger partial charge in [-0.25, -0.2) is 0 Å². The minimum Gasteiger partial charge on any atom is -0.349 e. The lowest BCUT2D eigenvalue weighted by Crippen LogP contribution is -2.14. The zero-order valence-corrected chi connectivity index (χ0v) is 11.9. The van der Waals surface area contributed by atoms with Gasteiger partial charge in [-0.2, -0.15) is 0 Å². The maximum absolute atomic E-state index is 5.43. The standard InChI is InChI=1S/C15H30O2/c1-4-7-8-9-10-11-12-13-14-15(16-5-2)17-6-3/h13-15H,4-12H2,1-3H3. The van der Waals surface area contributed by atoms with Crippen LogP contribution in [0, 0.1) is 0 Å². The second kappa shape index (κ2) is 13.7. The zero-order chi connectivity index (χ0) is 12.8. The molecule has 0 heterocycles. The molecule has 0 aromatic rings. The van der Waals surface area contributed by atoms with E-state index in [4.69, 9.17) is 9.47 Å². The summed E-state index contributed by atoms with van der Waals surface area (Å²) in [6, 6.07) is 0. The van der Waals surface area contributed by atoms with Gasteiger partial charge in [0.25, 0.3) is 0 Å². The smallest absolute Gasteiger partial charge is 0.176 e. The highest BCUT2D eigenvalue weighted by molar-refractivity contribution is 4.85. The molecular weight excluding hydrogens is 212 g/mol. The van der Waals surface area contributed by atoms with Gasteiger partial charge in [0.1, 0.15) is 0 Å². The van der Waals surface area contributed by atoms with E-state index in [-0.39, 0.29) is 6.29 Å². The molecule has 0 unspecified atom stereocenters. The van der Waals surface area contributed by atoms with Crippen LogP contribution >= 0.6 is 0 Å². The van der Waals surface area contributed by atoms with Crippen LogP contribution in [0.2, 0.25) is 0 Å². The van der Waals surface area contributed by atoms with Crippen molar-refractivity contribution in [2.45, 2.75) is 72.0 Å². The van der Waals surface area contributed by atoms with Crippen molar-refractivity contribution in [1.82, 2.24) is 0 Å². The Bertz CT molecular complexity index is 160. The first kappa shape index (κ1) is 16.7. The van der Waals surface area contributed by atoms with Crippen molar-refractivity contribution < 1.29 is 9.47 Å². The molecule has 0 aliphatic heterocycles. The van der Waals surface area contributed by atoms with E-state index in [0.717, 1.165) is 6.42 Å². The van der Waals surface area contributed by atoms with E-state index < -0.39 is 0 Å². The minimum atomic E-state index is -0.148. The Kier molecular flexibility index (Phi) is 13.4. The topological polar surface area (TPSA) is 18.5 Å². The second-order valence-corrected chi connectivity index (χ2v) is 4.26. The third-order valence-corrected chi connectivity index (χ3v) is 2.68. The van der Waals surface area contributed by atoms with E-state index in [1.807, 2.05) is 19.9 Å². The van der Waals surface area contributed by atoms with E-state index in [2.05, 4.69) is 13.0 Å². The van der Waals surface area contributed by atoms with Crippen molar-refractivity contribution in [3.05, 3.63) is 12.2 Å². The van der Waals surface area contributed by atoms with Crippen LogP contribution in [0.3, 0.4) is 0 Å². The number of ether oxygens (including phenoxy) is 2. The molecule has 0 aliphatic carbocycles. The molecule has 2 nitrogen and oxygen atoms in total. The maximum atomic E-state index is 5.43. The van der Waals surface area contributed by atoms with Crippen LogP contribution in [0.25, 0.3) is 0 Å². The summed E-state index contributed by atoms with van der Waals surface area (Å²) < 4.78 is 10.9. The molecule has 0 bridgehead atoms. The molecule has 0 fully saturated rings. The summed E-state index contributed by atoms with van der Waals surface area (Å²) in [5, 5.41) is 0. The first-order valence-electron chi connectivity index (χ1n) is 7.24.